The van der Waals surface area contributed by atoms with Gasteiger partial charge in [-0.2, -0.15) is 4.98 Å². The lowest BCUT2D eigenvalue weighted by Crippen LogP contribution is -2.30. The van der Waals surface area contributed by atoms with E-state index in [0.29, 0.717) is 47.8 Å². The molecule has 3 rings (SSSR count). The first-order chi connectivity index (χ1) is 14.2. The maximum atomic E-state index is 5.34. The van der Waals surface area contributed by atoms with Crippen LogP contribution in [0.25, 0.3) is 11.6 Å². The van der Waals surface area contributed by atoms with E-state index < -0.39 is 0 Å². The van der Waals surface area contributed by atoms with Crippen LogP contribution in [-0.4, -0.2) is 48.4 Å². The molecule has 0 spiro atoms. The van der Waals surface area contributed by atoms with Crippen molar-refractivity contribution in [2.45, 2.75) is 13.3 Å². The van der Waals surface area contributed by atoms with E-state index in [9.17, 15) is 0 Å². The summed E-state index contributed by atoms with van der Waals surface area (Å²) in [5.74, 6) is 2.94. The van der Waals surface area contributed by atoms with Crippen LogP contribution >= 0.6 is 0 Å². The lowest BCUT2D eigenvalue weighted by molar-refractivity contribution is 0.355. The van der Waals surface area contributed by atoms with Crippen LogP contribution in [0.3, 0.4) is 0 Å². The third-order valence-corrected chi connectivity index (χ3v) is 3.95. The molecule has 2 N–H and O–H groups in total. The number of rotatable bonds is 8. The molecule has 0 atom stereocenters. The SMILES string of the molecule is CCNC(=NCCc1noc(-c2ccccn2)n1)Nc1ccc(OC)c(OC)c1. The molecule has 0 unspecified atom stereocenters. The maximum Gasteiger partial charge on any atom is 0.276 e. The van der Waals surface area contributed by atoms with E-state index in [0.717, 1.165) is 12.2 Å². The topological polar surface area (TPSA) is 107 Å². The average Bonchev–Trinajstić information content (AvgIpc) is 3.23. The Kier molecular flexibility index (Phi) is 6.99. The normalized spacial score (nSPS) is 11.2. The van der Waals surface area contributed by atoms with Gasteiger partial charge in [0.15, 0.2) is 23.3 Å². The molecule has 0 saturated carbocycles. The van der Waals surface area contributed by atoms with Crippen LogP contribution in [-0.2, 0) is 6.42 Å². The van der Waals surface area contributed by atoms with E-state index in [-0.39, 0.29) is 0 Å². The van der Waals surface area contributed by atoms with Gasteiger partial charge in [0, 0.05) is 37.5 Å². The molecule has 0 aliphatic heterocycles. The number of nitrogens with zero attached hydrogens (tertiary/aromatic N) is 4. The zero-order valence-corrected chi connectivity index (χ0v) is 16.7. The van der Waals surface area contributed by atoms with Gasteiger partial charge >= 0.3 is 0 Å². The predicted octanol–water partition coefficient (Wildman–Crippen LogP) is 2.77. The Morgan fingerprint density at radius 1 is 1.14 bits per heavy atom. The molecular formula is C20H24N6O3. The molecule has 0 bridgehead atoms. The smallest absolute Gasteiger partial charge is 0.276 e. The standard InChI is InChI=1S/C20H24N6O3/c1-4-21-20(24-14-8-9-16(27-2)17(13-14)28-3)23-12-10-18-25-19(29-26-18)15-7-5-6-11-22-15/h5-9,11,13H,4,10,12H2,1-3H3,(H2,21,23,24). The maximum absolute atomic E-state index is 5.34. The monoisotopic (exact) mass is 396 g/mol. The highest BCUT2D eigenvalue weighted by Gasteiger charge is 2.10. The summed E-state index contributed by atoms with van der Waals surface area (Å²) in [7, 11) is 3.21. The number of aromatic nitrogens is 3. The first-order valence-corrected chi connectivity index (χ1v) is 9.24. The van der Waals surface area contributed by atoms with Crippen molar-refractivity contribution < 1.29 is 14.0 Å². The fraction of sp³-hybridized carbons (Fsp3) is 0.300. The molecular weight excluding hydrogens is 372 g/mol. The van der Waals surface area contributed by atoms with Crippen molar-refractivity contribution in [2.24, 2.45) is 4.99 Å². The molecule has 9 nitrogen and oxygen atoms in total. The molecule has 152 valence electrons. The molecule has 2 heterocycles. The van der Waals surface area contributed by atoms with Gasteiger partial charge in [-0.05, 0) is 31.2 Å². The number of nitrogens with one attached hydrogen (secondary N) is 2. The van der Waals surface area contributed by atoms with Gasteiger partial charge in [0.2, 0.25) is 0 Å². The minimum absolute atomic E-state index is 0.403. The number of hydrogen-bond acceptors (Lipinski definition) is 7. The van der Waals surface area contributed by atoms with E-state index >= 15 is 0 Å². The minimum atomic E-state index is 0.403. The molecule has 0 fully saturated rings. The Hall–Kier alpha value is -3.62. The molecule has 3 aromatic rings. The van der Waals surface area contributed by atoms with E-state index in [1.165, 1.54) is 0 Å². The second-order valence-electron chi connectivity index (χ2n) is 5.94. The molecule has 0 saturated heterocycles. The van der Waals surface area contributed by atoms with Gasteiger partial charge < -0.3 is 24.6 Å². The number of benzene rings is 1. The summed E-state index contributed by atoms with van der Waals surface area (Å²) in [6, 6.07) is 11.1. The molecule has 0 radical (unpaired) electrons. The van der Waals surface area contributed by atoms with Crippen molar-refractivity contribution in [3.05, 3.63) is 48.4 Å². The molecule has 0 amide bonds. The summed E-state index contributed by atoms with van der Waals surface area (Å²) in [6.45, 7) is 3.22. The zero-order valence-electron chi connectivity index (χ0n) is 16.7. The fourth-order valence-electron chi connectivity index (χ4n) is 2.57. The first kappa shape index (κ1) is 20.1. The Labute approximate surface area is 169 Å². The number of aliphatic imine (C=N–C) groups is 1. The summed E-state index contributed by atoms with van der Waals surface area (Å²) in [6.07, 6.45) is 2.23. The fourth-order valence-corrected chi connectivity index (χ4v) is 2.57. The van der Waals surface area contributed by atoms with Gasteiger partial charge in [0.1, 0.15) is 5.69 Å². The van der Waals surface area contributed by atoms with Gasteiger partial charge in [-0.25, -0.2) is 0 Å². The van der Waals surface area contributed by atoms with Gasteiger partial charge in [-0.15, -0.1) is 0 Å². The number of pyridine rings is 1. The molecule has 9 heteroatoms. The molecule has 29 heavy (non-hydrogen) atoms. The second kappa shape index (κ2) is 10.1. The van der Waals surface area contributed by atoms with Crippen LogP contribution in [0.2, 0.25) is 0 Å². The van der Waals surface area contributed by atoms with Crippen molar-refractivity contribution >= 4 is 11.6 Å². The van der Waals surface area contributed by atoms with Gasteiger partial charge in [-0.1, -0.05) is 11.2 Å². The van der Waals surface area contributed by atoms with Crippen molar-refractivity contribution in [2.75, 3.05) is 32.6 Å². The highest BCUT2D eigenvalue weighted by molar-refractivity contribution is 5.93. The van der Waals surface area contributed by atoms with Gasteiger partial charge in [0.05, 0.1) is 14.2 Å². The minimum Gasteiger partial charge on any atom is -0.493 e. The first-order valence-electron chi connectivity index (χ1n) is 9.24. The third kappa shape index (κ3) is 5.44. The van der Waals surface area contributed by atoms with Crippen molar-refractivity contribution in [3.8, 4) is 23.1 Å². The summed E-state index contributed by atoms with van der Waals surface area (Å²) in [5, 5.41) is 10.5. The number of guanidine groups is 1. The predicted molar refractivity (Wildman–Crippen MR) is 110 cm³/mol. The van der Waals surface area contributed by atoms with E-state index in [4.69, 9.17) is 14.0 Å². The summed E-state index contributed by atoms with van der Waals surface area (Å²) in [5.41, 5.74) is 1.48. The number of ether oxygens (including phenoxy) is 2. The second-order valence-corrected chi connectivity index (χ2v) is 5.94. The van der Waals surface area contributed by atoms with Gasteiger partial charge in [0.25, 0.3) is 5.89 Å². The Bertz CT molecular complexity index is 942. The molecule has 2 aromatic heterocycles. The number of methoxy groups -OCH3 is 2. The molecule has 1 aromatic carbocycles. The average molecular weight is 396 g/mol. The van der Waals surface area contributed by atoms with Crippen LogP contribution in [0.4, 0.5) is 5.69 Å². The Balaban J connectivity index is 1.63. The number of hydrogen-bond donors (Lipinski definition) is 2. The largest absolute Gasteiger partial charge is 0.493 e. The molecule has 0 aliphatic carbocycles. The molecule has 0 aliphatic rings. The van der Waals surface area contributed by atoms with E-state index in [2.05, 4.69) is 30.8 Å². The zero-order chi connectivity index (χ0) is 20.5. The highest BCUT2D eigenvalue weighted by Crippen LogP contribution is 2.29. The van der Waals surface area contributed by atoms with Crippen molar-refractivity contribution in [1.82, 2.24) is 20.4 Å². The van der Waals surface area contributed by atoms with Crippen LogP contribution in [0.5, 0.6) is 11.5 Å². The van der Waals surface area contributed by atoms with E-state index in [1.807, 2.05) is 43.3 Å². The summed E-state index contributed by atoms with van der Waals surface area (Å²) in [4.78, 5) is 13.1. The third-order valence-electron chi connectivity index (χ3n) is 3.95. The highest BCUT2D eigenvalue weighted by atomic mass is 16.5. The van der Waals surface area contributed by atoms with Crippen LogP contribution in [0.1, 0.15) is 12.7 Å². The van der Waals surface area contributed by atoms with Crippen LogP contribution in [0, 0.1) is 0 Å². The lowest BCUT2D eigenvalue weighted by Gasteiger charge is -2.13. The van der Waals surface area contributed by atoms with Crippen molar-refractivity contribution in [3.63, 3.8) is 0 Å². The summed E-state index contributed by atoms with van der Waals surface area (Å²) >= 11 is 0. The van der Waals surface area contributed by atoms with Crippen LogP contribution in [0.15, 0.2) is 52.1 Å². The Morgan fingerprint density at radius 2 is 2.00 bits per heavy atom. The summed E-state index contributed by atoms with van der Waals surface area (Å²) < 4.78 is 15.9. The lowest BCUT2D eigenvalue weighted by atomic mass is 10.3. The quantitative estimate of drug-likeness (QED) is 0.442. The Morgan fingerprint density at radius 3 is 2.72 bits per heavy atom. The van der Waals surface area contributed by atoms with Gasteiger partial charge in [-0.3, -0.25) is 9.98 Å². The van der Waals surface area contributed by atoms with E-state index in [1.54, 1.807) is 20.4 Å². The van der Waals surface area contributed by atoms with Crippen molar-refractivity contribution in [1.29, 1.82) is 0 Å². The number of anilines is 1. The van der Waals surface area contributed by atoms with Crippen LogP contribution < -0.4 is 20.1 Å².